The molecule has 2 nitrogen and oxygen atoms in total. The summed E-state index contributed by atoms with van der Waals surface area (Å²) in [5.41, 5.74) is 4.40. The van der Waals surface area contributed by atoms with E-state index >= 15 is 0 Å². The first-order valence-electron chi connectivity index (χ1n) is 8.46. The molecular weight excluding hydrogens is 270 g/mol. The summed E-state index contributed by atoms with van der Waals surface area (Å²) in [7, 11) is 1.73. The zero-order chi connectivity index (χ0) is 15.3. The highest BCUT2D eigenvalue weighted by Crippen LogP contribution is 2.60. The molecule has 0 aliphatic heterocycles. The van der Waals surface area contributed by atoms with E-state index in [0.717, 1.165) is 12.2 Å². The van der Waals surface area contributed by atoms with Crippen LogP contribution >= 0.6 is 0 Å². The molecule has 0 heterocycles. The third-order valence-corrected chi connectivity index (χ3v) is 6.51. The van der Waals surface area contributed by atoms with Gasteiger partial charge >= 0.3 is 0 Å². The lowest BCUT2D eigenvalue weighted by Gasteiger charge is -2.46. The summed E-state index contributed by atoms with van der Waals surface area (Å²) in [6.45, 7) is 2.36. The molecule has 0 radical (unpaired) electrons. The molecular formula is C20H23NO. The fraction of sp³-hybridized carbons (Fsp3) is 0.550. The van der Waals surface area contributed by atoms with Crippen LogP contribution in [-0.2, 0) is 6.42 Å². The lowest BCUT2D eigenvalue weighted by molar-refractivity contribution is 0.134. The molecule has 0 saturated heterocycles. The minimum Gasteiger partial charge on any atom is -0.497 e. The summed E-state index contributed by atoms with van der Waals surface area (Å²) in [4.78, 5) is 0. The van der Waals surface area contributed by atoms with Gasteiger partial charge in [-0.15, -0.1) is 0 Å². The SMILES string of the molecule is COc1ccc2c(c1)CCC1C2=C[C@H](C#N)[C@]2(C)CCCC12. The summed E-state index contributed by atoms with van der Waals surface area (Å²) in [6, 6.07) is 9.05. The Bertz CT molecular complexity index is 683. The van der Waals surface area contributed by atoms with Gasteiger partial charge in [-0.1, -0.05) is 25.5 Å². The Balaban J connectivity index is 1.83. The van der Waals surface area contributed by atoms with E-state index in [9.17, 15) is 5.26 Å². The monoisotopic (exact) mass is 293 g/mol. The molecule has 0 N–H and O–H groups in total. The number of fused-ring (bicyclic) bond motifs is 5. The molecule has 0 bridgehead atoms. The molecule has 1 aromatic carbocycles. The average Bonchev–Trinajstić information content (AvgIpc) is 2.95. The van der Waals surface area contributed by atoms with E-state index < -0.39 is 0 Å². The van der Waals surface area contributed by atoms with Crippen molar-refractivity contribution in [1.82, 2.24) is 0 Å². The number of ether oxygens (including phenoxy) is 1. The van der Waals surface area contributed by atoms with E-state index in [0.29, 0.717) is 11.8 Å². The van der Waals surface area contributed by atoms with Crippen LogP contribution in [0.15, 0.2) is 24.3 Å². The number of methoxy groups -OCH3 is 1. The first-order valence-corrected chi connectivity index (χ1v) is 8.46. The minimum atomic E-state index is 0.0688. The predicted octanol–water partition coefficient (Wildman–Crippen LogP) is 4.60. The van der Waals surface area contributed by atoms with Crippen molar-refractivity contribution in [3.63, 3.8) is 0 Å². The van der Waals surface area contributed by atoms with Crippen LogP contribution in [0.25, 0.3) is 5.57 Å². The Labute approximate surface area is 132 Å². The van der Waals surface area contributed by atoms with E-state index in [1.807, 2.05) is 0 Å². The van der Waals surface area contributed by atoms with Crippen molar-refractivity contribution in [3.05, 3.63) is 35.4 Å². The van der Waals surface area contributed by atoms with Gasteiger partial charge in [0.2, 0.25) is 0 Å². The number of rotatable bonds is 1. The Hall–Kier alpha value is -1.75. The molecule has 22 heavy (non-hydrogen) atoms. The van der Waals surface area contributed by atoms with Crippen molar-refractivity contribution in [3.8, 4) is 11.8 Å². The van der Waals surface area contributed by atoms with Gasteiger partial charge in [-0.2, -0.15) is 5.26 Å². The maximum Gasteiger partial charge on any atom is 0.119 e. The number of hydrogen-bond acceptors (Lipinski definition) is 2. The number of nitrogens with zero attached hydrogens (tertiary/aromatic N) is 1. The second kappa shape index (κ2) is 4.88. The van der Waals surface area contributed by atoms with Crippen LogP contribution in [0.5, 0.6) is 5.75 Å². The topological polar surface area (TPSA) is 33.0 Å². The van der Waals surface area contributed by atoms with Crippen molar-refractivity contribution in [2.45, 2.75) is 39.0 Å². The second-order valence-electron chi connectivity index (χ2n) is 7.40. The van der Waals surface area contributed by atoms with Crippen molar-refractivity contribution < 1.29 is 4.74 Å². The average molecular weight is 293 g/mol. The Morgan fingerprint density at radius 1 is 1.32 bits per heavy atom. The van der Waals surface area contributed by atoms with Crippen LogP contribution in [0.1, 0.15) is 43.7 Å². The van der Waals surface area contributed by atoms with Crippen molar-refractivity contribution in [2.75, 3.05) is 7.11 Å². The highest BCUT2D eigenvalue weighted by molar-refractivity contribution is 5.74. The summed E-state index contributed by atoms with van der Waals surface area (Å²) < 4.78 is 5.37. The van der Waals surface area contributed by atoms with Crippen molar-refractivity contribution in [1.29, 1.82) is 5.26 Å². The van der Waals surface area contributed by atoms with Gasteiger partial charge in [0.15, 0.2) is 0 Å². The highest BCUT2D eigenvalue weighted by atomic mass is 16.5. The van der Waals surface area contributed by atoms with Crippen LogP contribution in [0.2, 0.25) is 0 Å². The van der Waals surface area contributed by atoms with E-state index in [2.05, 4.69) is 37.3 Å². The van der Waals surface area contributed by atoms with E-state index in [1.165, 1.54) is 42.4 Å². The van der Waals surface area contributed by atoms with Crippen molar-refractivity contribution in [2.24, 2.45) is 23.2 Å². The molecule has 1 aromatic rings. The van der Waals surface area contributed by atoms with Gasteiger partial charge in [0.05, 0.1) is 19.1 Å². The molecule has 1 fully saturated rings. The minimum absolute atomic E-state index is 0.0688. The molecule has 2 heteroatoms. The molecule has 4 atom stereocenters. The first kappa shape index (κ1) is 13.9. The van der Waals surface area contributed by atoms with Crippen LogP contribution in [0, 0.1) is 34.5 Å². The fourth-order valence-corrected chi connectivity index (χ4v) is 5.30. The molecule has 114 valence electrons. The normalized spacial score (nSPS) is 35.7. The molecule has 1 saturated carbocycles. The molecule has 0 aromatic heterocycles. The van der Waals surface area contributed by atoms with Gasteiger partial charge in [-0.3, -0.25) is 0 Å². The third kappa shape index (κ3) is 1.78. The van der Waals surface area contributed by atoms with Gasteiger partial charge in [0, 0.05) is 0 Å². The van der Waals surface area contributed by atoms with Crippen LogP contribution in [0.3, 0.4) is 0 Å². The lowest BCUT2D eigenvalue weighted by Crippen LogP contribution is -2.39. The molecule has 0 spiro atoms. The Morgan fingerprint density at radius 2 is 2.18 bits per heavy atom. The lowest BCUT2D eigenvalue weighted by atomic mass is 9.56. The molecule has 2 unspecified atom stereocenters. The molecule has 3 aliphatic carbocycles. The van der Waals surface area contributed by atoms with Gasteiger partial charge in [0.1, 0.15) is 5.75 Å². The summed E-state index contributed by atoms with van der Waals surface area (Å²) in [5.74, 6) is 2.35. The predicted molar refractivity (Wildman–Crippen MR) is 87.3 cm³/mol. The maximum atomic E-state index is 9.71. The van der Waals surface area contributed by atoms with Gasteiger partial charge in [-0.05, 0) is 71.8 Å². The first-order chi connectivity index (χ1) is 10.7. The number of allylic oxidation sites excluding steroid dienone is 2. The summed E-state index contributed by atoms with van der Waals surface area (Å²) in [5, 5.41) is 9.71. The zero-order valence-corrected chi connectivity index (χ0v) is 13.4. The Kier molecular flexibility index (Phi) is 3.08. The zero-order valence-electron chi connectivity index (χ0n) is 13.4. The largest absolute Gasteiger partial charge is 0.497 e. The van der Waals surface area contributed by atoms with Crippen molar-refractivity contribution >= 4 is 5.57 Å². The number of benzene rings is 1. The van der Waals surface area contributed by atoms with E-state index in [4.69, 9.17) is 4.74 Å². The molecule has 0 amide bonds. The number of hydrogen-bond donors (Lipinski definition) is 0. The summed E-state index contributed by atoms with van der Waals surface area (Å²) >= 11 is 0. The smallest absolute Gasteiger partial charge is 0.119 e. The quantitative estimate of drug-likeness (QED) is 0.758. The van der Waals surface area contributed by atoms with E-state index in [-0.39, 0.29) is 11.3 Å². The number of nitriles is 1. The molecule has 3 aliphatic rings. The third-order valence-electron chi connectivity index (χ3n) is 6.51. The van der Waals surface area contributed by atoms with E-state index in [1.54, 1.807) is 7.11 Å². The number of aryl methyl sites for hydroxylation is 1. The van der Waals surface area contributed by atoms with Crippen LogP contribution < -0.4 is 4.74 Å². The van der Waals surface area contributed by atoms with Gasteiger partial charge in [-0.25, -0.2) is 0 Å². The second-order valence-corrected chi connectivity index (χ2v) is 7.40. The summed E-state index contributed by atoms with van der Waals surface area (Å²) in [6.07, 6.45) is 8.46. The maximum absolute atomic E-state index is 9.71. The van der Waals surface area contributed by atoms with Gasteiger partial charge in [0.25, 0.3) is 0 Å². The Morgan fingerprint density at radius 3 is 2.95 bits per heavy atom. The standard InChI is InChI=1S/C20H23NO/c1-20-9-3-4-19(20)17-7-5-13-10-15(22-2)6-8-16(13)18(17)11-14(20)12-21/h6,8,10-11,14,17,19H,3-5,7,9H2,1-2H3/t14-,17?,19?,20+/m1/s1. The van der Waals surface area contributed by atoms with Crippen LogP contribution in [0.4, 0.5) is 0 Å². The van der Waals surface area contributed by atoms with Crippen LogP contribution in [-0.4, -0.2) is 7.11 Å². The van der Waals surface area contributed by atoms with Gasteiger partial charge < -0.3 is 4.74 Å². The highest BCUT2D eigenvalue weighted by Gasteiger charge is 2.52. The fourth-order valence-electron chi connectivity index (χ4n) is 5.30. The molecule has 4 rings (SSSR count).